The average molecular weight is 245 g/mol. The molecule has 16 heavy (non-hydrogen) atoms. The molecule has 90 valence electrons. The monoisotopic (exact) mass is 244 g/mol. The SMILES string of the molecule is CN(Cc1ccco1)C(=O)[C@@H]1CCCN1.Cl. The van der Waals surface area contributed by atoms with E-state index in [9.17, 15) is 4.79 Å². The molecule has 5 heteroatoms. The van der Waals surface area contributed by atoms with Gasteiger partial charge < -0.3 is 14.6 Å². The lowest BCUT2D eigenvalue weighted by Gasteiger charge is -2.19. The molecule has 0 bridgehead atoms. The van der Waals surface area contributed by atoms with Gasteiger partial charge in [-0.25, -0.2) is 0 Å². The van der Waals surface area contributed by atoms with E-state index in [-0.39, 0.29) is 24.4 Å². The summed E-state index contributed by atoms with van der Waals surface area (Å²) in [6, 6.07) is 3.72. The predicted molar refractivity (Wildman–Crippen MR) is 63.5 cm³/mol. The highest BCUT2D eigenvalue weighted by atomic mass is 35.5. The molecule has 4 nitrogen and oxygen atoms in total. The van der Waals surface area contributed by atoms with Crippen molar-refractivity contribution in [2.24, 2.45) is 0 Å². The number of hydrogen-bond acceptors (Lipinski definition) is 3. The molecule has 1 aliphatic heterocycles. The fraction of sp³-hybridized carbons (Fsp3) is 0.545. The van der Waals surface area contributed by atoms with Crippen LogP contribution in [-0.4, -0.2) is 30.4 Å². The topological polar surface area (TPSA) is 45.5 Å². The molecule has 1 aromatic heterocycles. The smallest absolute Gasteiger partial charge is 0.239 e. The average Bonchev–Trinajstić information content (AvgIpc) is 2.88. The van der Waals surface area contributed by atoms with Crippen LogP contribution >= 0.6 is 12.4 Å². The third-order valence-corrected chi connectivity index (χ3v) is 2.71. The van der Waals surface area contributed by atoms with Gasteiger partial charge in [-0.15, -0.1) is 12.4 Å². The van der Waals surface area contributed by atoms with Crippen LogP contribution in [0.15, 0.2) is 22.8 Å². The second-order valence-electron chi connectivity index (χ2n) is 3.92. The Morgan fingerprint density at radius 1 is 1.69 bits per heavy atom. The van der Waals surface area contributed by atoms with Crippen LogP contribution in [0.3, 0.4) is 0 Å². The van der Waals surface area contributed by atoms with Gasteiger partial charge in [0.1, 0.15) is 5.76 Å². The predicted octanol–water partition coefficient (Wildman–Crippen LogP) is 1.41. The molecule has 0 spiro atoms. The molecule has 0 radical (unpaired) electrons. The van der Waals surface area contributed by atoms with Gasteiger partial charge in [-0.2, -0.15) is 0 Å². The third-order valence-electron chi connectivity index (χ3n) is 2.71. The van der Waals surface area contributed by atoms with E-state index in [4.69, 9.17) is 4.42 Å². The van der Waals surface area contributed by atoms with Gasteiger partial charge >= 0.3 is 0 Å². The Bertz CT molecular complexity index is 321. The van der Waals surface area contributed by atoms with Crippen molar-refractivity contribution in [3.8, 4) is 0 Å². The fourth-order valence-corrected chi connectivity index (χ4v) is 1.88. The van der Waals surface area contributed by atoms with Gasteiger partial charge in [0.15, 0.2) is 0 Å². The highest BCUT2D eigenvalue weighted by Gasteiger charge is 2.25. The van der Waals surface area contributed by atoms with Gasteiger partial charge in [0, 0.05) is 7.05 Å². The van der Waals surface area contributed by atoms with Crippen LogP contribution in [0.2, 0.25) is 0 Å². The zero-order valence-electron chi connectivity index (χ0n) is 9.31. The quantitative estimate of drug-likeness (QED) is 0.875. The van der Waals surface area contributed by atoms with Gasteiger partial charge in [0.25, 0.3) is 0 Å². The summed E-state index contributed by atoms with van der Waals surface area (Å²) < 4.78 is 5.20. The van der Waals surface area contributed by atoms with Crippen LogP contribution in [-0.2, 0) is 11.3 Å². The second-order valence-corrected chi connectivity index (χ2v) is 3.92. The molecule has 2 heterocycles. The maximum atomic E-state index is 11.9. The van der Waals surface area contributed by atoms with Crippen molar-refractivity contribution in [2.45, 2.75) is 25.4 Å². The normalized spacial score (nSPS) is 19.2. The zero-order valence-corrected chi connectivity index (χ0v) is 10.1. The lowest BCUT2D eigenvalue weighted by molar-refractivity contribution is -0.132. The number of likely N-dealkylation sites (N-methyl/N-ethyl adjacent to an activating group) is 1. The van der Waals surface area contributed by atoms with Gasteiger partial charge in [-0.3, -0.25) is 4.79 Å². The molecule has 1 aliphatic rings. The van der Waals surface area contributed by atoms with Crippen molar-refractivity contribution in [2.75, 3.05) is 13.6 Å². The first-order valence-electron chi connectivity index (χ1n) is 5.28. The molecule has 0 unspecified atom stereocenters. The number of hydrogen-bond donors (Lipinski definition) is 1. The van der Waals surface area contributed by atoms with Gasteiger partial charge in [0.2, 0.25) is 5.91 Å². The Labute approximate surface area is 101 Å². The highest BCUT2D eigenvalue weighted by molar-refractivity contribution is 5.85. The number of carbonyl (C=O) groups is 1. The van der Waals surface area contributed by atoms with Crippen molar-refractivity contribution in [1.29, 1.82) is 0 Å². The summed E-state index contributed by atoms with van der Waals surface area (Å²) in [5.41, 5.74) is 0. The van der Waals surface area contributed by atoms with Crippen LogP contribution in [0.1, 0.15) is 18.6 Å². The summed E-state index contributed by atoms with van der Waals surface area (Å²) in [6.07, 6.45) is 3.66. The Balaban J connectivity index is 0.00000128. The van der Waals surface area contributed by atoms with Crippen molar-refractivity contribution in [1.82, 2.24) is 10.2 Å². The lowest BCUT2D eigenvalue weighted by Crippen LogP contribution is -2.41. The summed E-state index contributed by atoms with van der Waals surface area (Å²) in [5, 5.41) is 3.20. The standard InChI is InChI=1S/C11H16N2O2.ClH/c1-13(8-9-4-3-7-15-9)11(14)10-5-2-6-12-10;/h3-4,7,10,12H,2,5-6,8H2,1H3;1H/t10-;/m0./s1. The number of furan rings is 1. The molecule has 2 rings (SSSR count). The Morgan fingerprint density at radius 3 is 3.06 bits per heavy atom. The van der Waals surface area contributed by atoms with Crippen molar-refractivity contribution < 1.29 is 9.21 Å². The molecule has 1 N–H and O–H groups in total. The maximum Gasteiger partial charge on any atom is 0.239 e. The molecular formula is C11H17ClN2O2. The minimum atomic E-state index is 0. The Kier molecular flexibility index (Phi) is 4.83. The van der Waals surface area contributed by atoms with E-state index in [1.807, 2.05) is 19.2 Å². The number of halogens is 1. The van der Waals surface area contributed by atoms with Crippen molar-refractivity contribution >= 4 is 18.3 Å². The van der Waals surface area contributed by atoms with E-state index >= 15 is 0 Å². The number of nitrogens with one attached hydrogen (secondary N) is 1. The largest absolute Gasteiger partial charge is 0.467 e. The van der Waals surface area contributed by atoms with Gasteiger partial charge in [-0.1, -0.05) is 0 Å². The minimum absolute atomic E-state index is 0. The summed E-state index contributed by atoms with van der Waals surface area (Å²) in [6.45, 7) is 1.50. The Morgan fingerprint density at radius 2 is 2.50 bits per heavy atom. The number of amides is 1. The molecular weight excluding hydrogens is 228 g/mol. The first-order chi connectivity index (χ1) is 7.27. The van der Waals surface area contributed by atoms with Crippen molar-refractivity contribution in [3.63, 3.8) is 0 Å². The van der Waals surface area contributed by atoms with E-state index in [2.05, 4.69) is 5.32 Å². The third kappa shape index (κ3) is 3.00. The second kappa shape index (κ2) is 5.92. The van der Waals surface area contributed by atoms with E-state index in [1.54, 1.807) is 11.2 Å². The highest BCUT2D eigenvalue weighted by Crippen LogP contribution is 2.10. The first kappa shape index (κ1) is 13.1. The number of carbonyl (C=O) groups excluding carboxylic acids is 1. The van der Waals surface area contributed by atoms with Crippen LogP contribution in [0.4, 0.5) is 0 Å². The summed E-state index contributed by atoms with van der Waals surface area (Å²) in [4.78, 5) is 13.6. The van der Waals surface area contributed by atoms with E-state index in [0.29, 0.717) is 6.54 Å². The lowest BCUT2D eigenvalue weighted by atomic mass is 10.2. The summed E-state index contributed by atoms with van der Waals surface area (Å²) >= 11 is 0. The van der Waals surface area contributed by atoms with Crippen LogP contribution in [0.25, 0.3) is 0 Å². The van der Waals surface area contributed by atoms with E-state index in [0.717, 1.165) is 25.1 Å². The molecule has 1 aromatic rings. The van der Waals surface area contributed by atoms with Crippen LogP contribution in [0, 0.1) is 0 Å². The van der Waals surface area contributed by atoms with Crippen LogP contribution < -0.4 is 5.32 Å². The molecule has 1 fully saturated rings. The van der Waals surface area contributed by atoms with E-state index in [1.165, 1.54) is 0 Å². The summed E-state index contributed by atoms with van der Waals surface area (Å²) in [7, 11) is 1.81. The van der Waals surface area contributed by atoms with Crippen molar-refractivity contribution in [3.05, 3.63) is 24.2 Å². The molecule has 0 aliphatic carbocycles. The molecule has 1 atom stereocenters. The first-order valence-corrected chi connectivity index (χ1v) is 5.28. The van der Waals surface area contributed by atoms with Gasteiger partial charge in [-0.05, 0) is 31.5 Å². The number of rotatable bonds is 3. The minimum Gasteiger partial charge on any atom is -0.467 e. The Hall–Kier alpha value is -1.00. The van der Waals surface area contributed by atoms with Gasteiger partial charge in [0.05, 0.1) is 18.8 Å². The van der Waals surface area contributed by atoms with Crippen LogP contribution in [0.5, 0.6) is 0 Å². The molecule has 0 aromatic carbocycles. The molecule has 1 amide bonds. The number of nitrogens with zero attached hydrogens (tertiary/aromatic N) is 1. The maximum absolute atomic E-state index is 11.9. The van der Waals surface area contributed by atoms with E-state index < -0.39 is 0 Å². The summed E-state index contributed by atoms with van der Waals surface area (Å²) in [5.74, 6) is 0.979. The fourth-order valence-electron chi connectivity index (χ4n) is 1.88. The molecule has 0 saturated carbocycles. The molecule has 1 saturated heterocycles. The zero-order chi connectivity index (χ0) is 10.7.